The predicted octanol–water partition coefficient (Wildman–Crippen LogP) is 1.71. The highest BCUT2D eigenvalue weighted by Crippen LogP contribution is 2.19. The van der Waals surface area contributed by atoms with E-state index in [4.69, 9.17) is 0 Å². The maximum absolute atomic E-state index is 13.7. The Hall–Kier alpha value is -2.77. The molecule has 0 bridgehead atoms. The number of halogens is 1. The van der Waals surface area contributed by atoms with Gasteiger partial charge in [-0.15, -0.1) is 0 Å². The number of aromatic nitrogens is 2. The molecule has 0 spiro atoms. The Bertz CT molecular complexity index is 653. The first-order valence-electron chi connectivity index (χ1n) is 5.11. The number of hydrogen-bond acceptors (Lipinski definition) is 5. The molecule has 0 aliphatic heterocycles. The van der Waals surface area contributed by atoms with Gasteiger partial charge in [0.05, 0.1) is 18.1 Å². The second-order valence-electron chi connectivity index (χ2n) is 3.53. The molecule has 0 radical (unpaired) electrons. The van der Waals surface area contributed by atoms with Gasteiger partial charge in [0, 0.05) is 12.3 Å². The molecule has 0 aliphatic carbocycles. The summed E-state index contributed by atoms with van der Waals surface area (Å²) in [5.41, 5.74) is -0.345. The lowest BCUT2D eigenvalue weighted by molar-refractivity contribution is -0.385. The van der Waals surface area contributed by atoms with Crippen LogP contribution in [0.3, 0.4) is 0 Å². The zero-order chi connectivity index (χ0) is 14.0. The number of methoxy groups -OCH3 is 1. The Morgan fingerprint density at radius 3 is 2.79 bits per heavy atom. The summed E-state index contributed by atoms with van der Waals surface area (Å²) >= 11 is 0. The van der Waals surface area contributed by atoms with Crippen LogP contribution in [0.4, 0.5) is 10.1 Å². The molecule has 2 rings (SSSR count). The van der Waals surface area contributed by atoms with Gasteiger partial charge in [0.2, 0.25) is 0 Å². The topological polar surface area (TPSA) is 87.3 Å². The van der Waals surface area contributed by atoms with Crippen LogP contribution >= 0.6 is 0 Å². The van der Waals surface area contributed by atoms with Gasteiger partial charge in [-0.05, 0) is 12.1 Å². The third-order valence-electron chi connectivity index (χ3n) is 2.37. The number of nitrogens with zero attached hydrogens (tertiary/aromatic N) is 3. The lowest BCUT2D eigenvalue weighted by Gasteiger charge is -2.02. The molecule has 0 fully saturated rings. The minimum absolute atomic E-state index is 0.000697. The number of rotatable bonds is 3. The van der Waals surface area contributed by atoms with Crippen molar-refractivity contribution in [3.63, 3.8) is 0 Å². The van der Waals surface area contributed by atoms with Crippen LogP contribution in [-0.2, 0) is 4.74 Å². The van der Waals surface area contributed by atoms with Gasteiger partial charge in [-0.25, -0.2) is 13.9 Å². The van der Waals surface area contributed by atoms with Crippen molar-refractivity contribution in [2.45, 2.75) is 0 Å². The highest BCUT2D eigenvalue weighted by molar-refractivity contribution is 5.86. The van der Waals surface area contributed by atoms with Gasteiger partial charge >= 0.3 is 5.97 Å². The highest BCUT2D eigenvalue weighted by Gasteiger charge is 2.15. The van der Waals surface area contributed by atoms with E-state index in [1.54, 1.807) is 0 Å². The molecule has 8 heteroatoms. The molecule has 0 unspecified atom stereocenters. The fourth-order valence-electron chi connectivity index (χ4n) is 1.47. The van der Waals surface area contributed by atoms with Crippen molar-refractivity contribution >= 4 is 11.7 Å². The van der Waals surface area contributed by atoms with Crippen LogP contribution in [0, 0.1) is 15.9 Å². The SMILES string of the molecule is COC(=O)c1ccn(-c2ccc([N+](=O)[O-])cc2F)n1. The van der Waals surface area contributed by atoms with E-state index in [0.717, 1.165) is 16.8 Å². The second kappa shape index (κ2) is 4.84. The summed E-state index contributed by atoms with van der Waals surface area (Å²) in [4.78, 5) is 21.0. The van der Waals surface area contributed by atoms with Crippen LogP contribution in [0.25, 0.3) is 5.69 Å². The average Bonchev–Trinajstić information content (AvgIpc) is 2.87. The molecule has 0 saturated carbocycles. The Balaban J connectivity index is 2.39. The number of hydrogen-bond donors (Lipinski definition) is 0. The summed E-state index contributed by atoms with van der Waals surface area (Å²) < 4.78 is 19.3. The number of carbonyl (C=O) groups is 1. The number of nitro benzene ring substituents is 1. The van der Waals surface area contributed by atoms with E-state index in [-0.39, 0.29) is 17.1 Å². The Kier molecular flexibility index (Phi) is 3.23. The van der Waals surface area contributed by atoms with Gasteiger partial charge in [0.15, 0.2) is 11.5 Å². The van der Waals surface area contributed by atoms with E-state index in [0.29, 0.717) is 0 Å². The van der Waals surface area contributed by atoms with Gasteiger partial charge in [-0.1, -0.05) is 0 Å². The summed E-state index contributed by atoms with van der Waals surface area (Å²) in [5.74, 6) is -1.46. The van der Waals surface area contributed by atoms with Crippen LogP contribution in [0.2, 0.25) is 0 Å². The molecule has 0 saturated heterocycles. The molecule has 0 N–H and O–H groups in total. The molecule has 1 aromatic carbocycles. The maximum atomic E-state index is 13.7. The summed E-state index contributed by atoms with van der Waals surface area (Å²) in [5, 5.41) is 14.3. The molecular formula is C11H8FN3O4. The Morgan fingerprint density at radius 1 is 1.47 bits per heavy atom. The van der Waals surface area contributed by atoms with Crippen molar-refractivity contribution in [2.75, 3.05) is 7.11 Å². The lowest BCUT2D eigenvalue weighted by atomic mass is 10.2. The molecular weight excluding hydrogens is 257 g/mol. The van der Waals surface area contributed by atoms with E-state index >= 15 is 0 Å². The summed E-state index contributed by atoms with van der Waals surface area (Å²) in [6.07, 6.45) is 1.36. The van der Waals surface area contributed by atoms with Crippen LogP contribution in [0.1, 0.15) is 10.5 Å². The summed E-state index contributed by atoms with van der Waals surface area (Å²) in [7, 11) is 1.20. The third-order valence-corrected chi connectivity index (χ3v) is 2.37. The minimum Gasteiger partial charge on any atom is -0.464 e. The fraction of sp³-hybridized carbons (Fsp3) is 0.0909. The van der Waals surface area contributed by atoms with Gasteiger partial charge < -0.3 is 4.74 Å². The fourth-order valence-corrected chi connectivity index (χ4v) is 1.47. The van der Waals surface area contributed by atoms with Crippen LogP contribution < -0.4 is 0 Å². The molecule has 19 heavy (non-hydrogen) atoms. The minimum atomic E-state index is -0.811. The smallest absolute Gasteiger partial charge is 0.358 e. The first kappa shape index (κ1) is 12.7. The van der Waals surface area contributed by atoms with E-state index in [1.165, 1.54) is 25.4 Å². The van der Waals surface area contributed by atoms with Crippen molar-refractivity contribution in [1.29, 1.82) is 0 Å². The average molecular weight is 265 g/mol. The van der Waals surface area contributed by atoms with Gasteiger partial charge in [-0.3, -0.25) is 10.1 Å². The largest absolute Gasteiger partial charge is 0.464 e. The molecule has 7 nitrogen and oxygen atoms in total. The van der Waals surface area contributed by atoms with Crippen molar-refractivity contribution in [2.24, 2.45) is 0 Å². The van der Waals surface area contributed by atoms with E-state index < -0.39 is 16.7 Å². The predicted molar refractivity (Wildman–Crippen MR) is 61.5 cm³/mol. The number of benzene rings is 1. The van der Waals surface area contributed by atoms with Crippen molar-refractivity contribution in [1.82, 2.24) is 9.78 Å². The van der Waals surface area contributed by atoms with Crippen molar-refractivity contribution in [3.8, 4) is 5.69 Å². The van der Waals surface area contributed by atoms with Crippen molar-refractivity contribution in [3.05, 3.63) is 52.1 Å². The lowest BCUT2D eigenvalue weighted by Crippen LogP contribution is -2.05. The zero-order valence-electron chi connectivity index (χ0n) is 9.74. The molecule has 0 atom stereocenters. The normalized spacial score (nSPS) is 10.2. The van der Waals surface area contributed by atoms with E-state index in [9.17, 15) is 19.3 Å². The molecule has 1 aromatic heterocycles. The van der Waals surface area contributed by atoms with Crippen LogP contribution in [-0.4, -0.2) is 27.8 Å². The Morgan fingerprint density at radius 2 is 2.21 bits per heavy atom. The standard InChI is InChI=1S/C11H8FN3O4/c1-19-11(16)9-4-5-14(13-9)10-3-2-7(15(17)18)6-8(10)12/h2-6H,1H3. The first-order valence-corrected chi connectivity index (χ1v) is 5.11. The number of nitro groups is 1. The van der Waals surface area contributed by atoms with Crippen LogP contribution in [0.5, 0.6) is 0 Å². The molecule has 98 valence electrons. The molecule has 0 amide bonds. The number of esters is 1. The summed E-state index contributed by atoms with van der Waals surface area (Å²) in [6, 6.07) is 4.50. The zero-order valence-corrected chi connectivity index (χ0v) is 9.74. The molecule has 1 heterocycles. The number of carbonyl (C=O) groups excluding carboxylic acids is 1. The van der Waals surface area contributed by atoms with E-state index in [2.05, 4.69) is 9.84 Å². The molecule has 0 aliphatic rings. The van der Waals surface area contributed by atoms with Crippen molar-refractivity contribution < 1.29 is 18.8 Å². The van der Waals surface area contributed by atoms with Gasteiger partial charge in [0.1, 0.15) is 5.69 Å². The Labute approximate surface area is 106 Å². The number of ether oxygens (including phenoxy) is 1. The third kappa shape index (κ3) is 2.41. The van der Waals surface area contributed by atoms with Gasteiger partial charge in [-0.2, -0.15) is 5.10 Å². The number of non-ortho nitro benzene ring substituents is 1. The monoisotopic (exact) mass is 265 g/mol. The van der Waals surface area contributed by atoms with Gasteiger partial charge in [0.25, 0.3) is 5.69 Å². The maximum Gasteiger partial charge on any atom is 0.358 e. The first-order chi connectivity index (χ1) is 9.02. The van der Waals surface area contributed by atoms with E-state index in [1.807, 2.05) is 0 Å². The second-order valence-corrected chi connectivity index (χ2v) is 3.53. The highest BCUT2D eigenvalue weighted by atomic mass is 19.1. The van der Waals surface area contributed by atoms with Crippen LogP contribution in [0.15, 0.2) is 30.5 Å². The quantitative estimate of drug-likeness (QED) is 0.479. The summed E-state index contributed by atoms with van der Waals surface area (Å²) in [6.45, 7) is 0. The molecule has 2 aromatic rings.